The van der Waals surface area contributed by atoms with Crippen molar-refractivity contribution < 1.29 is 4.79 Å². The van der Waals surface area contributed by atoms with Gasteiger partial charge in [0, 0.05) is 18.6 Å². The first kappa shape index (κ1) is 16.8. The summed E-state index contributed by atoms with van der Waals surface area (Å²) in [5, 5.41) is 3.61. The summed E-state index contributed by atoms with van der Waals surface area (Å²) in [6, 6.07) is 0.988. The van der Waals surface area contributed by atoms with Crippen molar-refractivity contribution in [3.8, 4) is 0 Å². The van der Waals surface area contributed by atoms with Crippen molar-refractivity contribution in [1.82, 2.24) is 15.1 Å². The molecule has 4 heteroatoms. The summed E-state index contributed by atoms with van der Waals surface area (Å²) in [6.07, 6.45) is 3.36. The average molecular weight is 295 g/mol. The topological polar surface area (TPSA) is 35.6 Å². The normalized spacial score (nSPS) is 35.2. The third kappa shape index (κ3) is 3.59. The average Bonchev–Trinajstić information content (AvgIpc) is 2.70. The molecule has 4 nitrogen and oxygen atoms in total. The van der Waals surface area contributed by atoms with Gasteiger partial charge in [0.1, 0.15) is 0 Å². The Labute approximate surface area is 130 Å². The zero-order valence-corrected chi connectivity index (χ0v) is 14.6. The van der Waals surface area contributed by atoms with Crippen LogP contribution < -0.4 is 5.32 Å². The lowest BCUT2D eigenvalue weighted by Crippen LogP contribution is -2.53. The Morgan fingerprint density at radius 2 is 1.95 bits per heavy atom. The highest BCUT2D eigenvalue weighted by Crippen LogP contribution is 2.29. The lowest BCUT2D eigenvalue weighted by Gasteiger charge is -2.42. The first-order valence-electron chi connectivity index (χ1n) is 8.59. The van der Waals surface area contributed by atoms with Gasteiger partial charge in [0.2, 0.25) is 5.91 Å². The molecular weight excluding hydrogens is 262 g/mol. The molecule has 2 fully saturated rings. The molecule has 2 aliphatic rings. The summed E-state index contributed by atoms with van der Waals surface area (Å²) in [5.41, 5.74) is 0. The van der Waals surface area contributed by atoms with Crippen molar-refractivity contribution in [3.63, 3.8) is 0 Å². The van der Waals surface area contributed by atoms with E-state index < -0.39 is 0 Å². The molecule has 1 amide bonds. The van der Waals surface area contributed by atoms with E-state index in [-0.39, 0.29) is 12.2 Å². The Morgan fingerprint density at radius 1 is 1.29 bits per heavy atom. The number of likely N-dealkylation sites (tertiary alicyclic amines) is 1. The van der Waals surface area contributed by atoms with Gasteiger partial charge in [-0.25, -0.2) is 0 Å². The Bertz CT molecular complexity index is 369. The van der Waals surface area contributed by atoms with Crippen molar-refractivity contribution in [2.45, 2.75) is 78.2 Å². The summed E-state index contributed by atoms with van der Waals surface area (Å²) in [4.78, 5) is 17.5. The summed E-state index contributed by atoms with van der Waals surface area (Å²) >= 11 is 0. The molecule has 122 valence electrons. The molecule has 0 aliphatic carbocycles. The van der Waals surface area contributed by atoms with Gasteiger partial charge in [-0.15, -0.1) is 0 Å². The lowest BCUT2D eigenvalue weighted by atomic mass is 9.95. The monoisotopic (exact) mass is 295 g/mol. The number of nitrogens with one attached hydrogen (secondary N) is 1. The smallest absolute Gasteiger partial charge is 0.241 e. The van der Waals surface area contributed by atoms with Crippen LogP contribution in [0.5, 0.6) is 0 Å². The van der Waals surface area contributed by atoms with Crippen LogP contribution in [0.1, 0.15) is 53.9 Å². The van der Waals surface area contributed by atoms with Crippen LogP contribution in [0.25, 0.3) is 0 Å². The summed E-state index contributed by atoms with van der Waals surface area (Å²) in [6.45, 7) is 12.2. The van der Waals surface area contributed by atoms with E-state index in [1.54, 1.807) is 0 Å². The first-order valence-corrected chi connectivity index (χ1v) is 8.59. The van der Waals surface area contributed by atoms with Gasteiger partial charge in [-0.2, -0.15) is 0 Å². The zero-order chi connectivity index (χ0) is 15.7. The van der Waals surface area contributed by atoms with E-state index in [9.17, 15) is 4.79 Å². The molecule has 2 saturated heterocycles. The van der Waals surface area contributed by atoms with E-state index in [0.29, 0.717) is 29.8 Å². The highest BCUT2D eigenvalue weighted by Gasteiger charge is 2.44. The van der Waals surface area contributed by atoms with Crippen LogP contribution >= 0.6 is 0 Å². The maximum absolute atomic E-state index is 12.9. The molecule has 4 atom stereocenters. The van der Waals surface area contributed by atoms with Crippen molar-refractivity contribution >= 4 is 5.91 Å². The summed E-state index contributed by atoms with van der Waals surface area (Å²) < 4.78 is 0. The number of hydrogen-bond acceptors (Lipinski definition) is 3. The maximum atomic E-state index is 12.9. The second-order valence-corrected chi connectivity index (χ2v) is 7.79. The Kier molecular flexibility index (Phi) is 5.31. The van der Waals surface area contributed by atoms with Crippen LogP contribution in [0.3, 0.4) is 0 Å². The van der Waals surface area contributed by atoms with Gasteiger partial charge in [0.15, 0.2) is 0 Å². The number of carbonyl (C=O) groups excluding carboxylic acids is 1. The van der Waals surface area contributed by atoms with Gasteiger partial charge < -0.3 is 9.80 Å². The molecule has 0 saturated carbocycles. The van der Waals surface area contributed by atoms with Crippen molar-refractivity contribution in [2.75, 3.05) is 13.6 Å². The summed E-state index contributed by atoms with van der Waals surface area (Å²) in [7, 11) is 2.19. The van der Waals surface area contributed by atoms with Crippen molar-refractivity contribution in [3.05, 3.63) is 0 Å². The molecule has 0 aromatic carbocycles. The Hall–Kier alpha value is -0.610. The second-order valence-electron chi connectivity index (χ2n) is 7.79. The van der Waals surface area contributed by atoms with Crippen LogP contribution in [0.2, 0.25) is 0 Å². The molecule has 1 N–H and O–H groups in total. The van der Waals surface area contributed by atoms with Crippen LogP contribution in [0.4, 0.5) is 0 Å². The number of carbonyl (C=O) groups is 1. The Morgan fingerprint density at radius 3 is 2.48 bits per heavy atom. The van der Waals surface area contributed by atoms with E-state index in [1.807, 2.05) is 0 Å². The minimum atomic E-state index is 0.0207. The quantitative estimate of drug-likeness (QED) is 0.864. The molecule has 0 bridgehead atoms. The molecule has 2 heterocycles. The largest absolute Gasteiger partial charge is 0.322 e. The van der Waals surface area contributed by atoms with E-state index in [1.165, 1.54) is 0 Å². The Balaban J connectivity index is 2.13. The predicted molar refractivity (Wildman–Crippen MR) is 87.0 cm³/mol. The number of rotatable bonds is 4. The first-order chi connectivity index (χ1) is 9.81. The SMILES string of the molecule is CC(C)CC1NC(C(C)C)N(C2CCN(C)C(C)C2)C1=O. The third-order valence-corrected chi connectivity index (χ3v) is 5.14. The fraction of sp³-hybridized carbons (Fsp3) is 0.941. The maximum Gasteiger partial charge on any atom is 0.241 e. The van der Waals surface area contributed by atoms with Crippen LogP contribution in [0, 0.1) is 11.8 Å². The lowest BCUT2D eigenvalue weighted by molar-refractivity contribution is -0.134. The molecule has 0 spiro atoms. The van der Waals surface area contributed by atoms with E-state index in [2.05, 4.69) is 56.8 Å². The van der Waals surface area contributed by atoms with Gasteiger partial charge in [0.05, 0.1) is 12.2 Å². The van der Waals surface area contributed by atoms with Gasteiger partial charge in [0.25, 0.3) is 0 Å². The fourth-order valence-electron chi connectivity index (χ4n) is 3.75. The standard InChI is InChI=1S/C17H33N3O/c1-11(2)9-15-17(21)20(16(18-15)12(3)4)14-7-8-19(6)13(5)10-14/h11-16,18H,7-10H2,1-6H3. The van der Waals surface area contributed by atoms with Gasteiger partial charge in [-0.1, -0.05) is 27.7 Å². The number of nitrogens with zero attached hydrogens (tertiary/aromatic N) is 2. The molecule has 0 aromatic heterocycles. The molecule has 4 unspecified atom stereocenters. The molecule has 0 radical (unpaired) electrons. The highest BCUT2D eigenvalue weighted by molar-refractivity contribution is 5.84. The fourth-order valence-corrected chi connectivity index (χ4v) is 3.75. The van der Waals surface area contributed by atoms with Crippen LogP contribution in [0.15, 0.2) is 0 Å². The van der Waals surface area contributed by atoms with Gasteiger partial charge in [-0.3, -0.25) is 10.1 Å². The molecule has 2 aliphatic heterocycles. The number of piperidine rings is 1. The van der Waals surface area contributed by atoms with Crippen molar-refractivity contribution in [2.24, 2.45) is 11.8 Å². The summed E-state index contributed by atoms with van der Waals surface area (Å²) in [5.74, 6) is 1.35. The minimum absolute atomic E-state index is 0.0207. The highest BCUT2D eigenvalue weighted by atomic mass is 16.2. The van der Waals surface area contributed by atoms with Crippen molar-refractivity contribution in [1.29, 1.82) is 0 Å². The molecule has 2 rings (SSSR count). The minimum Gasteiger partial charge on any atom is -0.322 e. The van der Waals surface area contributed by atoms with E-state index >= 15 is 0 Å². The zero-order valence-electron chi connectivity index (χ0n) is 14.6. The molecular formula is C17H33N3O. The molecule has 0 aromatic rings. The van der Waals surface area contributed by atoms with E-state index in [4.69, 9.17) is 0 Å². The number of amides is 1. The molecule has 21 heavy (non-hydrogen) atoms. The van der Waals surface area contributed by atoms with Crippen LogP contribution in [-0.4, -0.2) is 53.6 Å². The predicted octanol–water partition coefficient (Wildman–Crippen LogP) is 2.30. The van der Waals surface area contributed by atoms with Crippen LogP contribution in [-0.2, 0) is 4.79 Å². The second kappa shape index (κ2) is 6.66. The van der Waals surface area contributed by atoms with E-state index in [0.717, 1.165) is 25.8 Å². The van der Waals surface area contributed by atoms with Gasteiger partial charge >= 0.3 is 0 Å². The third-order valence-electron chi connectivity index (χ3n) is 5.14. The number of hydrogen-bond donors (Lipinski definition) is 1. The van der Waals surface area contributed by atoms with Gasteiger partial charge in [-0.05, 0) is 45.1 Å².